The van der Waals surface area contributed by atoms with Gasteiger partial charge in [-0.2, -0.15) is 0 Å². The SMILES string of the molecule is Cc1cc(-c2ccccc2)ccc1C(=O)SC(=O)c1ccc(-c2ccccc2)cc1C. The van der Waals surface area contributed by atoms with Gasteiger partial charge >= 0.3 is 0 Å². The molecule has 0 fully saturated rings. The molecule has 0 N–H and O–H groups in total. The lowest BCUT2D eigenvalue weighted by Gasteiger charge is -2.10. The van der Waals surface area contributed by atoms with Crippen LogP contribution in [0.4, 0.5) is 0 Å². The van der Waals surface area contributed by atoms with Gasteiger partial charge in [-0.25, -0.2) is 0 Å². The minimum Gasteiger partial charge on any atom is -0.281 e. The van der Waals surface area contributed by atoms with E-state index in [0.717, 1.165) is 45.1 Å². The molecular formula is C28H22O2S. The Bertz CT molecular complexity index is 1150. The maximum absolute atomic E-state index is 12.8. The molecule has 0 spiro atoms. The highest BCUT2D eigenvalue weighted by Gasteiger charge is 2.18. The van der Waals surface area contributed by atoms with Gasteiger partial charge < -0.3 is 0 Å². The summed E-state index contributed by atoms with van der Waals surface area (Å²) in [5, 5.41) is -0.456. The lowest BCUT2D eigenvalue weighted by atomic mass is 10.0. The molecule has 0 aliphatic carbocycles. The highest BCUT2D eigenvalue weighted by atomic mass is 32.2. The second-order valence-corrected chi connectivity index (χ2v) is 8.41. The Kier molecular flexibility index (Phi) is 6.15. The maximum Gasteiger partial charge on any atom is 0.227 e. The average molecular weight is 423 g/mol. The molecule has 0 aromatic heterocycles. The van der Waals surface area contributed by atoms with E-state index in [9.17, 15) is 9.59 Å². The highest BCUT2D eigenvalue weighted by molar-refractivity contribution is 8.27. The smallest absolute Gasteiger partial charge is 0.227 e. The largest absolute Gasteiger partial charge is 0.281 e. The first-order valence-electron chi connectivity index (χ1n) is 10.1. The normalized spacial score (nSPS) is 10.6. The van der Waals surface area contributed by atoms with E-state index in [4.69, 9.17) is 0 Å². The highest BCUT2D eigenvalue weighted by Crippen LogP contribution is 2.28. The summed E-state index contributed by atoms with van der Waals surface area (Å²) in [5.74, 6) is 0. The molecule has 31 heavy (non-hydrogen) atoms. The molecule has 0 saturated heterocycles. The molecule has 0 aliphatic rings. The fourth-order valence-corrected chi connectivity index (χ4v) is 4.45. The summed E-state index contributed by atoms with van der Waals surface area (Å²) in [4.78, 5) is 25.7. The Morgan fingerprint density at radius 1 is 0.516 bits per heavy atom. The van der Waals surface area contributed by atoms with E-state index in [-0.39, 0.29) is 10.2 Å². The third kappa shape index (κ3) is 4.68. The molecule has 0 bridgehead atoms. The van der Waals surface area contributed by atoms with Crippen molar-refractivity contribution in [3.63, 3.8) is 0 Å². The molecule has 0 saturated carbocycles. The number of thioether (sulfide) groups is 1. The molecule has 0 amide bonds. The zero-order chi connectivity index (χ0) is 21.8. The van der Waals surface area contributed by atoms with Gasteiger partial charge in [0.15, 0.2) is 0 Å². The average Bonchev–Trinajstić information content (AvgIpc) is 2.80. The van der Waals surface area contributed by atoms with Crippen LogP contribution < -0.4 is 0 Å². The van der Waals surface area contributed by atoms with Crippen molar-refractivity contribution in [1.29, 1.82) is 0 Å². The van der Waals surface area contributed by atoms with Gasteiger partial charge in [0.05, 0.1) is 0 Å². The second kappa shape index (κ2) is 9.15. The Hall–Kier alpha value is -3.43. The van der Waals surface area contributed by atoms with Crippen LogP contribution in [0.5, 0.6) is 0 Å². The summed E-state index contributed by atoms with van der Waals surface area (Å²) in [7, 11) is 0. The zero-order valence-corrected chi connectivity index (χ0v) is 18.3. The van der Waals surface area contributed by atoms with E-state index >= 15 is 0 Å². The fraction of sp³-hybridized carbons (Fsp3) is 0.0714. The van der Waals surface area contributed by atoms with Crippen molar-refractivity contribution in [1.82, 2.24) is 0 Å². The summed E-state index contributed by atoms with van der Waals surface area (Å²) in [6.45, 7) is 3.81. The molecular weight excluding hydrogens is 400 g/mol. The minimum atomic E-state index is -0.228. The summed E-state index contributed by atoms with van der Waals surface area (Å²) in [6.07, 6.45) is 0. The van der Waals surface area contributed by atoms with Gasteiger partial charge in [-0.3, -0.25) is 9.59 Å². The van der Waals surface area contributed by atoms with Crippen molar-refractivity contribution in [2.45, 2.75) is 13.8 Å². The molecule has 0 aliphatic heterocycles. The molecule has 0 atom stereocenters. The first-order valence-corrected chi connectivity index (χ1v) is 10.9. The summed E-state index contributed by atoms with van der Waals surface area (Å²) < 4.78 is 0. The standard InChI is InChI=1S/C28H22O2S/c1-19-17-23(21-9-5-3-6-10-21)13-15-25(19)27(29)31-28(30)26-16-14-24(18-20(26)2)22-11-7-4-8-12-22/h3-18H,1-2H3. The van der Waals surface area contributed by atoms with Gasteiger partial charge in [0.2, 0.25) is 10.2 Å². The van der Waals surface area contributed by atoms with Crippen LogP contribution in [0.1, 0.15) is 31.8 Å². The maximum atomic E-state index is 12.8. The van der Waals surface area contributed by atoms with E-state index in [1.54, 1.807) is 0 Å². The van der Waals surface area contributed by atoms with E-state index in [1.807, 2.05) is 111 Å². The third-order valence-corrected chi connectivity index (χ3v) is 6.10. The number of carbonyl (C=O) groups excluding carboxylic acids is 2. The molecule has 0 unspecified atom stereocenters. The van der Waals surface area contributed by atoms with E-state index in [2.05, 4.69) is 0 Å². The molecule has 3 heteroatoms. The number of carbonyl (C=O) groups is 2. The zero-order valence-electron chi connectivity index (χ0n) is 17.5. The Morgan fingerprint density at radius 2 is 0.903 bits per heavy atom. The quantitative estimate of drug-likeness (QED) is 0.345. The second-order valence-electron chi connectivity index (χ2n) is 7.47. The molecule has 4 rings (SSSR count). The number of rotatable bonds is 4. The molecule has 2 nitrogen and oxygen atoms in total. The van der Waals surface area contributed by atoms with Gasteiger partial charge in [0.1, 0.15) is 0 Å². The Balaban J connectivity index is 1.52. The molecule has 0 radical (unpaired) electrons. The first-order chi connectivity index (χ1) is 15.0. The van der Waals surface area contributed by atoms with Crippen LogP contribution in [-0.2, 0) is 0 Å². The topological polar surface area (TPSA) is 34.1 Å². The van der Waals surface area contributed by atoms with Gasteiger partial charge in [-0.1, -0.05) is 84.9 Å². The minimum absolute atomic E-state index is 0.228. The molecule has 4 aromatic carbocycles. The van der Waals surface area contributed by atoms with Crippen LogP contribution in [0.2, 0.25) is 0 Å². The molecule has 152 valence electrons. The molecule has 4 aromatic rings. The van der Waals surface area contributed by atoms with Crippen molar-refractivity contribution in [2.75, 3.05) is 0 Å². The summed E-state index contributed by atoms with van der Waals surface area (Å²) in [5.41, 5.74) is 7.17. The third-order valence-electron chi connectivity index (χ3n) is 5.29. The van der Waals surface area contributed by atoms with Gasteiger partial charge in [0.25, 0.3) is 0 Å². The summed E-state index contributed by atoms with van der Waals surface area (Å²) >= 11 is 0.760. The van der Waals surface area contributed by atoms with Crippen LogP contribution in [0, 0.1) is 13.8 Å². The Labute approximate surface area is 187 Å². The van der Waals surface area contributed by atoms with Crippen LogP contribution in [-0.4, -0.2) is 10.2 Å². The van der Waals surface area contributed by atoms with Crippen LogP contribution in [0.3, 0.4) is 0 Å². The number of aryl methyl sites for hydroxylation is 2. The van der Waals surface area contributed by atoms with E-state index < -0.39 is 0 Å². The lowest BCUT2D eigenvalue weighted by Crippen LogP contribution is -2.04. The van der Waals surface area contributed by atoms with Gasteiger partial charge in [0, 0.05) is 11.1 Å². The number of hydrogen-bond acceptors (Lipinski definition) is 3. The monoisotopic (exact) mass is 422 g/mol. The van der Waals surface area contributed by atoms with Crippen molar-refractivity contribution >= 4 is 22.0 Å². The fourth-order valence-electron chi connectivity index (χ4n) is 3.60. The summed E-state index contributed by atoms with van der Waals surface area (Å²) in [6, 6.07) is 31.5. The first kappa shape index (κ1) is 20.8. The predicted octanol–water partition coefficient (Wildman–Crippen LogP) is 7.35. The van der Waals surface area contributed by atoms with Crippen molar-refractivity contribution in [3.05, 3.63) is 119 Å². The number of hydrogen-bond donors (Lipinski definition) is 0. The van der Waals surface area contributed by atoms with Gasteiger partial charge in [-0.15, -0.1) is 0 Å². The van der Waals surface area contributed by atoms with Crippen LogP contribution >= 0.6 is 11.8 Å². The Morgan fingerprint density at radius 3 is 1.26 bits per heavy atom. The van der Waals surface area contributed by atoms with Crippen LogP contribution in [0.25, 0.3) is 22.3 Å². The molecule has 0 heterocycles. The lowest BCUT2D eigenvalue weighted by molar-refractivity contribution is 0.106. The van der Waals surface area contributed by atoms with Crippen molar-refractivity contribution < 1.29 is 9.59 Å². The van der Waals surface area contributed by atoms with Crippen molar-refractivity contribution in [3.8, 4) is 22.3 Å². The van der Waals surface area contributed by atoms with Crippen LogP contribution in [0.15, 0.2) is 97.1 Å². The van der Waals surface area contributed by atoms with Gasteiger partial charge in [-0.05, 0) is 71.1 Å². The number of benzene rings is 4. The predicted molar refractivity (Wildman–Crippen MR) is 129 cm³/mol. The van der Waals surface area contributed by atoms with E-state index in [0.29, 0.717) is 11.1 Å². The van der Waals surface area contributed by atoms with Crippen molar-refractivity contribution in [2.24, 2.45) is 0 Å². The van der Waals surface area contributed by atoms with E-state index in [1.165, 1.54) is 0 Å².